The summed E-state index contributed by atoms with van der Waals surface area (Å²) < 4.78 is 0. The van der Waals surface area contributed by atoms with E-state index in [0.29, 0.717) is 0 Å². The second-order valence-corrected chi connectivity index (χ2v) is 5.29. The average Bonchev–Trinajstić information content (AvgIpc) is 2.37. The molecule has 0 aliphatic heterocycles. The van der Waals surface area contributed by atoms with Crippen molar-refractivity contribution in [2.45, 2.75) is 59.0 Å². The topological polar surface area (TPSA) is 89.9 Å². The van der Waals surface area contributed by atoms with Gasteiger partial charge >= 0.3 is 12.0 Å². The van der Waals surface area contributed by atoms with Crippen LogP contribution in [0.1, 0.15) is 47.0 Å². The quantitative estimate of drug-likeness (QED) is 0.602. The van der Waals surface area contributed by atoms with E-state index < -0.39 is 12.0 Å². The largest absolute Gasteiger partial charge is 0.481 e. The van der Waals surface area contributed by atoms with Crippen LogP contribution in [-0.2, 0) is 4.79 Å². The van der Waals surface area contributed by atoms with E-state index in [1.165, 1.54) is 0 Å². The summed E-state index contributed by atoms with van der Waals surface area (Å²) in [5.41, 5.74) is 0. The first-order valence-electron chi connectivity index (χ1n) is 7.27. The van der Waals surface area contributed by atoms with Crippen LogP contribution in [-0.4, -0.2) is 52.3 Å². The Hall–Kier alpha value is -1.30. The van der Waals surface area contributed by atoms with E-state index in [1.54, 1.807) is 4.90 Å². The molecular weight excluding hydrogens is 260 g/mol. The Bertz CT molecular complexity index is 304. The average molecular weight is 288 g/mol. The Balaban J connectivity index is 4.82. The molecule has 6 heteroatoms. The van der Waals surface area contributed by atoms with Crippen LogP contribution >= 0.6 is 0 Å². The maximum atomic E-state index is 12.3. The molecule has 0 aliphatic carbocycles. The number of amides is 2. The molecule has 0 radical (unpaired) electrons. The number of aliphatic hydroxyl groups is 1. The Kier molecular flexibility index (Phi) is 8.96. The first-order chi connectivity index (χ1) is 9.37. The van der Waals surface area contributed by atoms with E-state index in [-0.39, 0.29) is 37.6 Å². The normalized spacial score (nSPS) is 12.6. The Labute approximate surface area is 121 Å². The number of carbonyl (C=O) groups is 2. The fourth-order valence-corrected chi connectivity index (χ4v) is 2.17. The summed E-state index contributed by atoms with van der Waals surface area (Å²) in [6.07, 6.45) is 1.50. The lowest BCUT2D eigenvalue weighted by Gasteiger charge is -2.32. The van der Waals surface area contributed by atoms with Gasteiger partial charge in [-0.15, -0.1) is 0 Å². The van der Waals surface area contributed by atoms with Crippen LogP contribution < -0.4 is 5.32 Å². The molecule has 0 saturated heterocycles. The summed E-state index contributed by atoms with van der Waals surface area (Å²) in [5.74, 6) is -0.895. The van der Waals surface area contributed by atoms with E-state index in [0.717, 1.165) is 12.8 Å². The van der Waals surface area contributed by atoms with Gasteiger partial charge in [-0.1, -0.05) is 27.7 Å². The minimum atomic E-state index is -0.930. The van der Waals surface area contributed by atoms with Crippen LogP contribution in [0.2, 0.25) is 0 Å². The molecule has 1 unspecified atom stereocenters. The number of aliphatic carboxylic acids is 1. The smallest absolute Gasteiger partial charge is 0.317 e. The van der Waals surface area contributed by atoms with Crippen molar-refractivity contribution in [1.82, 2.24) is 10.2 Å². The molecule has 1 atom stereocenters. The van der Waals surface area contributed by atoms with Crippen molar-refractivity contribution in [1.29, 1.82) is 0 Å². The van der Waals surface area contributed by atoms with Crippen LogP contribution in [0.4, 0.5) is 4.79 Å². The van der Waals surface area contributed by atoms with Gasteiger partial charge in [0.05, 0.1) is 13.0 Å². The Morgan fingerprint density at radius 2 is 1.75 bits per heavy atom. The summed E-state index contributed by atoms with van der Waals surface area (Å²) in [6.45, 7) is 7.89. The van der Waals surface area contributed by atoms with Gasteiger partial charge in [0.25, 0.3) is 0 Å². The van der Waals surface area contributed by atoms with Crippen LogP contribution in [0.3, 0.4) is 0 Å². The summed E-state index contributed by atoms with van der Waals surface area (Å²) in [4.78, 5) is 24.7. The molecule has 0 bridgehead atoms. The molecule has 3 N–H and O–H groups in total. The molecule has 0 spiro atoms. The Morgan fingerprint density at radius 1 is 1.20 bits per heavy atom. The number of hydrogen-bond donors (Lipinski definition) is 3. The number of carboxylic acids is 1. The van der Waals surface area contributed by atoms with E-state index >= 15 is 0 Å². The predicted octanol–water partition coefficient (Wildman–Crippen LogP) is 1.68. The lowest BCUT2D eigenvalue weighted by Crippen LogP contribution is -2.51. The molecule has 20 heavy (non-hydrogen) atoms. The minimum absolute atomic E-state index is 0.0349. The molecule has 6 nitrogen and oxygen atoms in total. The number of rotatable bonds is 9. The van der Waals surface area contributed by atoms with Gasteiger partial charge in [-0.05, 0) is 18.8 Å². The van der Waals surface area contributed by atoms with E-state index in [1.807, 2.05) is 27.7 Å². The van der Waals surface area contributed by atoms with Crippen molar-refractivity contribution in [3.8, 4) is 0 Å². The third-order valence-electron chi connectivity index (χ3n) is 3.49. The number of aliphatic hydroxyl groups excluding tert-OH is 1. The first kappa shape index (κ1) is 18.7. The highest BCUT2D eigenvalue weighted by Crippen LogP contribution is 2.11. The molecule has 0 aromatic rings. The predicted molar refractivity (Wildman–Crippen MR) is 77.6 cm³/mol. The lowest BCUT2D eigenvalue weighted by atomic mass is 10.0. The van der Waals surface area contributed by atoms with Crippen molar-refractivity contribution >= 4 is 12.0 Å². The van der Waals surface area contributed by atoms with Crippen LogP contribution in [0.5, 0.6) is 0 Å². The highest BCUT2D eigenvalue weighted by Gasteiger charge is 2.25. The number of hydrogen-bond acceptors (Lipinski definition) is 3. The van der Waals surface area contributed by atoms with Gasteiger partial charge in [-0.3, -0.25) is 4.79 Å². The number of carbonyl (C=O) groups excluding carboxylic acids is 1. The monoisotopic (exact) mass is 288 g/mol. The molecule has 0 fully saturated rings. The zero-order valence-corrected chi connectivity index (χ0v) is 12.9. The molecule has 0 aliphatic rings. The van der Waals surface area contributed by atoms with Crippen molar-refractivity contribution < 1.29 is 19.8 Å². The number of carboxylic acid groups (broad SMARTS) is 1. The number of nitrogens with zero attached hydrogens (tertiary/aromatic N) is 1. The second kappa shape index (κ2) is 9.58. The van der Waals surface area contributed by atoms with Crippen molar-refractivity contribution in [3.63, 3.8) is 0 Å². The highest BCUT2D eigenvalue weighted by atomic mass is 16.4. The van der Waals surface area contributed by atoms with Crippen LogP contribution in [0.25, 0.3) is 0 Å². The summed E-state index contributed by atoms with van der Waals surface area (Å²) in [5, 5.41) is 20.8. The SMILES string of the molecule is CCC(CC)N(CCO)C(=O)NC(CC(=O)O)C(C)C. The highest BCUT2D eigenvalue weighted by molar-refractivity contribution is 5.76. The van der Waals surface area contributed by atoms with E-state index in [9.17, 15) is 9.59 Å². The maximum Gasteiger partial charge on any atom is 0.317 e. The van der Waals surface area contributed by atoms with Crippen LogP contribution in [0.15, 0.2) is 0 Å². The van der Waals surface area contributed by atoms with Crippen molar-refractivity contribution in [2.24, 2.45) is 5.92 Å². The standard InChI is InChI=1S/C14H28N2O4/c1-5-11(6-2)16(7-8-17)14(20)15-12(10(3)4)9-13(18)19/h10-12,17H,5-9H2,1-4H3,(H,15,20)(H,18,19). The van der Waals surface area contributed by atoms with Crippen LogP contribution in [0, 0.1) is 5.92 Å². The third kappa shape index (κ3) is 6.23. The zero-order chi connectivity index (χ0) is 15.7. The molecule has 0 rings (SSSR count). The lowest BCUT2D eigenvalue weighted by molar-refractivity contribution is -0.137. The number of nitrogens with one attached hydrogen (secondary N) is 1. The van der Waals surface area contributed by atoms with E-state index in [2.05, 4.69) is 5.32 Å². The summed E-state index contributed by atoms with van der Waals surface area (Å²) in [7, 11) is 0. The first-order valence-corrected chi connectivity index (χ1v) is 7.27. The molecule has 118 valence electrons. The molecule has 0 heterocycles. The van der Waals surface area contributed by atoms with Gasteiger partial charge < -0.3 is 20.4 Å². The molecular formula is C14H28N2O4. The Morgan fingerprint density at radius 3 is 2.10 bits per heavy atom. The maximum absolute atomic E-state index is 12.3. The minimum Gasteiger partial charge on any atom is -0.481 e. The van der Waals surface area contributed by atoms with Crippen molar-refractivity contribution in [3.05, 3.63) is 0 Å². The zero-order valence-electron chi connectivity index (χ0n) is 12.9. The molecule has 2 amide bonds. The molecule has 0 aromatic carbocycles. The third-order valence-corrected chi connectivity index (χ3v) is 3.49. The number of urea groups is 1. The van der Waals surface area contributed by atoms with Gasteiger partial charge in [0.2, 0.25) is 0 Å². The van der Waals surface area contributed by atoms with Gasteiger partial charge in [-0.25, -0.2) is 4.79 Å². The fraction of sp³-hybridized carbons (Fsp3) is 0.857. The van der Waals surface area contributed by atoms with Gasteiger partial charge in [0, 0.05) is 18.6 Å². The summed E-state index contributed by atoms with van der Waals surface area (Å²) >= 11 is 0. The summed E-state index contributed by atoms with van der Waals surface area (Å²) in [6, 6.07) is -0.650. The fourth-order valence-electron chi connectivity index (χ4n) is 2.17. The molecule has 0 aromatic heterocycles. The van der Waals surface area contributed by atoms with E-state index in [4.69, 9.17) is 10.2 Å². The van der Waals surface area contributed by atoms with Gasteiger partial charge in [0.1, 0.15) is 0 Å². The molecule has 0 saturated carbocycles. The van der Waals surface area contributed by atoms with Crippen molar-refractivity contribution in [2.75, 3.05) is 13.2 Å². The second-order valence-electron chi connectivity index (χ2n) is 5.29. The van der Waals surface area contributed by atoms with Gasteiger partial charge in [0.15, 0.2) is 0 Å². The van der Waals surface area contributed by atoms with Gasteiger partial charge in [-0.2, -0.15) is 0 Å².